The lowest BCUT2D eigenvalue weighted by molar-refractivity contribution is -0.384. The molecule has 0 fully saturated rings. The first kappa shape index (κ1) is 20.8. The molecule has 6 nitrogen and oxygen atoms in total. The molecule has 1 radical (unpaired) electrons. The van der Waals surface area contributed by atoms with Gasteiger partial charge in [-0.25, -0.2) is 18.4 Å². The minimum atomic E-state index is -0.688. The summed E-state index contributed by atoms with van der Waals surface area (Å²) in [4.78, 5) is 15.9. The zero-order valence-electron chi connectivity index (χ0n) is 15.9. The van der Waals surface area contributed by atoms with Crippen molar-refractivity contribution < 1.29 is 13.7 Å². The van der Waals surface area contributed by atoms with Gasteiger partial charge in [-0.05, 0) is 48.0 Å². The summed E-state index contributed by atoms with van der Waals surface area (Å²) in [5.74, 6) is -0.897. The van der Waals surface area contributed by atoms with E-state index in [9.17, 15) is 18.9 Å². The fourth-order valence-electron chi connectivity index (χ4n) is 3.29. The van der Waals surface area contributed by atoms with Crippen LogP contribution in [0.15, 0.2) is 60.9 Å². The maximum Gasteiger partial charge on any atom is 0.283 e. The lowest BCUT2D eigenvalue weighted by Crippen LogP contribution is -2.04. The fraction of sp³-hybridized carbons (Fsp3) is 0.0909. The van der Waals surface area contributed by atoms with Gasteiger partial charge in [-0.15, -0.1) is 0 Å². The number of nitro benzene ring substituents is 1. The van der Waals surface area contributed by atoms with Crippen molar-refractivity contribution in [2.75, 3.05) is 0 Å². The smallest absolute Gasteiger partial charge is 0.258 e. The van der Waals surface area contributed by atoms with Crippen molar-refractivity contribution in [1.29, 1.82) is 0 Å². The van der Waals surface area contributed by atoms with E-state index in [1.54, 1.807) is 36.7 Å². The topological polar surface area (TPSA) is 73.8 Å². The van der Waals surface area contributed by atoms with Crippen LogP contribution in [0.2, 0.25) is 0 Å². The highest BCUT2D eigenvalue weighted by molar-refractivity contribution is 9.08. The van der Waals surface area contributed by atoms with Crippen LogP contribution in [0.5, 0.6) is 0 Å². The van der Waals surface area contributed by atoms with Gasteiger partial charge in [0.15, 0.2) is 5.82 Å². The van der Waals surface area contributed by atoms with E-state index in [0.29, 0.717) is 17.1 Å². The van der Waals surface area contributed by atoms with E-state index in [1.165, 1.54) is 28.9 Å². The van der Waals surface area contributed by atoms with E-state index in [2.05, 4.69) is 32.1 Å². The normalized spacial score (nSPS) is 10.9. The maximum atomic E-state index is 14.2. The molecule has 2 aromatic carbocycles. The van der Waals surface area contributed by atoms with Crippen molar-refractivity contribution in [3.63, 3.8) is 0 Å². The van der Waals surface area contributed by atoms with Gasteiger partial charge in [0, 0.05) is 35.3 Å². The van der Waals surface area contributed by atoms with Crippen LogP contribution >= 0.6 is 15.9 Å². The number of rotatable bonds is 6. The van der Waals surface area contributed by atoms with E-state index in [4.69, 9.17) is 0 Å². The van der Waals surface area contributed by atoms with Gasteiger partial charge in [0.05, 0.1) is 16.2 Å². The predicted octanol–water partition coefficient (Wildman–Crippen LogP) is 5.41. The molecule has 0 amide bonds. The minimum Gasteiger partial charge on any atom is -0.258 e. The molecule has 9 heteroatoms. The molecule has 0 aliphatic carbocycles. The second kappa shape index (κ2) is 8.73. The molecule has 2 aromatic heterocycles. The quantitative estimate of drug-likeness (QED) is 0.209. The van der Waals surface area contributed by atoms with Gasteiger partial charge in [-0.3, -0.25) is 10.1 Å². The first-order valence-corrected chi connectivity index (χ1v) is 10.3. The summed E-state index contributed by atoms with van der Waals surface area (Å²) < 4.78 is 29.9. The second-order valence-electron chi connectivity index (χ2n) is 6.63. The van der Waals surface area contributed by atoms with Gasteiger partial charge >= 0.3 is 0 Å². The fourth-order valence-corrected chi connectivity index (χ4v) is 3.69. The first-order valence-electron chi connectivity index (χ1n) is 9.16. The highest BCUT2D eigenvalue weighted by Crippen LogP contribution is 2.35. The highest BCUT2D eigenvalue weighted by Gasteiger charge is 2.24. The van der Waals surface area contributed by atoms with Crippen LogP contribution in [-0.2, 0) is 11.8 Å². The van der Waals surface area contributed by atoms with E-state index in [0.717, 1.165) is 0 Å². The van der Waals surface area contributed by atoms with Gasteiger partial charge in [0.1, 0.15) is 11.6 Å². The Morgan fingerprint density at radius 2 is 1.87 bits per heavy atom. The second-order valence-corrected chi connectivity index (χ2v) is 7.20. The molecule has 0 saturated carbocycles. The summed E-state index contributed by atoms with van der Waals surface area (Å²) in [6.07, 6.45) is 3.19. The van der Waals surface area contributed by atoms with Crippen LogP contribution in [0.3, 0.4) is 0 Å². The van der Waals surface area contributed by atoms with Gasteiger partial charge in [0.25, 0.3) is 5.69 Å². The molecule has 0 spiro atoms. The summed E-state index contributed by atoms with van der Waals surface area (Å²) in [5.41, 5.74) is 0.952. The number of hydrogen-bond acceptors (Lipinski definition) is 4. The van der Waals surface area contributed by atoms with Crippen molar-refractivity contribution >= 4 is 21.6 Å². The van der Waals surface area contributed by atoms with Gasteiger partial charge in [-0.2, -0.15) is 5.10 Å². The number of aromatic nitrogens is 3. The van der Waals surface area contributed by atoms with E-state index in [-0.39, 0.29) is 34.1 Å². The third-order valence-electron chi connectivity index (χ3n) is 4.67. The number of pyridine rings is 1. The molecule has 0 N–H and O–H groups in total. The zero-order chi connectivity index (χ0) is 22.0. The minimum absolute atomic E-state index is 0.109. The highest BCUT2D eigenvalue weighted by atomic mass is 79.9. The number of nitro groups is 1. The lowest BCUT2D eigenvalue weighted by atomic mass is 9.96. The van der Waals surface area contributed by atoms with Crippen molar-refractivity contribution in [2.45, 2.75) is 11.8 Å². The van der Waals surface area contributed by atoms with Crippen LogP contribution in [0, 0.1) is 27.8 Å². The summed E-state index contributed by atoms with van der Waals surface area (Å²) in [6.45, 7) is 0. The number of hydrogen-bond donors (Lipinski definition) is 0. The Balaban J connectivity index is 1.88. The van der Waals surface area contributed by atoms with Crippen LogP contribution in [0.25, 0.3) is 17.1 Å². The average Bonchev–Trinajstić information content (AvgIpc) is 3.31. The third kappa shape index (κ3) is 4.22. The standard InChI is InChI=1S/C22H14BrF2N4O2/c23-13-15-10-14(11-16-18(24)4-1-5-19(16)25)12-17(22(15)29(30)31)20-6-2-7-21(27-20)28-9-3-8-26-28/h1-9,12H,11,13H2. The van der Waals surface area contributed by atoms with Crippen LogP contribution in [0.4, 0.5) is 14.5 Å². The lowest BCUT2D eigenvalue weighted by Gasteiger charge is -2.12. The molecule has 2 heterocycles. The molecule has 0 bridgehead atoms. The Bertz CT molecular complexity index is 1240. The Hall–Kier alpha value is -3.46. The van der Waals surface area contributed by atoms with Gasteiger partial charge in [-0.1, -0.05) is 28.1 Å². The molecular weight excluding hydrogens is 470 g/mol. The zero-order valence-corrected chi connectivity index (χ0v) is 17.5. The third-order valence-corrected chi connectivity index (χ3v) is 5.23. The maximum absolute atomic E-state index is 14.2. The number of nitrogens with zero attached hydrogens (tertiary/aromatic N) is 4. The summed E-state index contributed by atoms with van der Waals surface area (Å²) in [5, 5.41) is 16.1. The molecule has 0 aliphatic rings. The molecule has 4 aromatic rings. The Morgan fingerprint density at radius 1 is 1.13 bits per heavy atom. The molecule has 0 aliphatic heterocycles. The van der Waals surface area contributed by atoms with Crippen molar-refractivity contribution in [3.8, 4) is 17.1 Å². The Labute approximate surface area is 184 Å². The molecule has 31 heavy (non-hydrogen) atoms. The monoisotopic (exact) mass is 483 g/mol. The molecule has 155 valence electrons. The van der Waals surface area contributed by atoms with E-state index < -0.39 is 16.6 Å². The Kier molecular flexibility index (Phi) is 5.85. The summed E-state index contributed by atoms with van der Waals surface area (Å²) in [7, 11) is 0. The Morgan fingerprint density at radius 3 is 2.52 bits per heavy atom. The van der Waals surface area contributed by atoms with Gasteiger partial charge in [0.2, 0.25) is 0 Å². The molecule has 0 atom stereocenters. The van der Waals surface area contributed by atoms with Crippen molar-refractivity contribution in [1.82, 2.24) is 14.8 Å². The van der Waals surface area contributed by atoms with Crippen LogP contribution < -0.4 is 0 Å². The van der Waals surface area contributed by atoms with Crippen LogP contribution in [-0.4, -0.2) is 19.7 Å². The molecule has 0 saturated heterocycles. The molecule has 4 rings (SSSR count). The van der Waals surface area contributed by atoms with Crippen molar-refractivity contribution in [3.05, 3.63) is 105 Å². The number of halogens is 3. The molecular formula is C22H14BrF2N4O2. The number of alkyl halides is 1. The first-order chi connectivity index (χ1) is 15.0. The van der Waals surface area contributed by atoms with Crippen molar-refractivity contribution in [2.24, 2.45) is 0 Å². The number of benzene rings is 2. The molecule has 0 unspecified atom stereocenters. The SMILES string of the molecule is O=[N+]([O-])c1c(CBr)[c]c(Cc2c(F)cccc2F)cc1-c1cccc(-n2cccn2)n1. The predicted molar refractivity (Wildman–Crippen MR) is 114 cm³/mol. The van der Waals surface area contributed by atoms with E-state index >= 15 is 0 Å². The summed E-state index contributed by atoms with van der Waals surface area (Å²) in [6, 6.07) is 14.9. The summed E-state index contributed by atoms with van der Waals surface area (Å²) >= 11 is 3.26. The van der Waals surface area contributed by atoms with Crippen LogP contribution in [0.1, 0.15) is 16.7 Å². The largest absolute Gasteiger partial charge is 0.283 e. The van der Waals surface area contributed by atoms with E-state index in [1.807, 2.05) is 0 Å². The average molecular weight is 484 g/mol. The van der Waals surface area contributed by atoms with Gasteiger partial charge < -0.3 is 0 Å².